The van der Waals surface area contributed by atoms with Gasteiger partial charge in [-0.15, -0.1) is 0 Å². The third-order valence-electron chi connectivity index (χ3n) is 3.55. The molecule has 0 bridgehead atoms. The molecule has 5 nitrogen and oxygen atoms in total. The van der Waals surface area contributed by atoms with Crippen LogP contribution in [0.1, 0.15) is 5.56 Å². The van der Waals surface area contributed by atoms with Crippen LogP contribution in [0.15, 0.2) is 16.7 Å². The molecule has 1 unspecified atom stereocenters. The van der Waals surface area contributed by atoms with Crippen LogP contribution in [0.5, 0.6) is 0 Å². The summed E-state index contributed by atoms with van der Waals surface area (Å²) in [5.41, 5.74) is 1.07. The monoisotopic (exact) mass is 310 g/mol. The van der Waals surface area contributed by atoms with E-state index in [1.807, 2.05) is 6.07 Å². The summed E-state index contributed by atoms with van der Waals surface area (Å²) in [5, 5.41) is 2.93. The van der Waals surface area contributed by atoms with Crippen LogP contribution in [-0.2, 0) is 11.3 Å². The summed E-state index contributed by atoms with van der Waals surface area (Å²) in [7, 11) is 2.05. The number of fused-ring (bicyclic) bond motifs is 2. The van der Waals surface area contributed by atoms with E-state index in [-0.39, 0.29) is 11.9 Å². The molecular weight excluding hydrogens is 296 g/mol. The molecule has 1 N–H and O–H groups in total. The van der Waals surface area contributed by atoms with E-state index < -0.39 is 0 Å². The molecule has 0 aliphatic carbocycles. The van der Waals surface area contributed by atoms with Crippen molar-refractivity contribution in [3.8, 4) is 0 Å². The van der Waals surface area contributed by atoms with Gasteiger partial charge in [-0.25, -0.2) is 4.98 Å². The van der Waals surface area contributed by atoms with Crippen LogP contribution < -0.4 is 5.32 Å². The van der Waals surface area contributed by atoms with Crippen molar-refractivity contribution in [2.45, 2.75) is 12.6 Å². The van der Waals surface area contributed by atoms with Crippen molar-refractivity contribution in [2.75, 3.05) is 32.0 Å². The van der Waals surface area contributed by atoms with E-state index in [0.717, 1.165) is 36.2 Å². The minimum Gasteiger partial charge on any atom is -0.309 e. The number of halogens is 1. The molecule has 18 heavy (non-hydrogen) atoms. The summed E-state index contributed by atoms with van der Waals surface area (Å²) in [6.45, 7) is 3.47. The van der Waals surface area contributed by atoms with Crippen LogP contribution in [0.25, 0.3) is 0 Å². The lowest BCUT2D eigenvalue weighted by molar-refractivity contribution is -0.123. The number of amides is 1. The first kappa shape index (κ1) is 12.1. The number of piperazine rings is 1. The third-order valence-corrected chi connectivity index (χ3v) is 3.98. The number of pyridine rings is 1. The van der Waals surface area contributed by atoms with E-state index in [1.165, 1.54) is 0 Å². The highest BCUT2D eigenvalue weighted by Crippen LogP contribution is 2.25. The number of rotatable bonds is 0. The molecule has 6 heteroatoms. The zero-order chi connectivity index (χ0) is 12.7. The predicted molar refractivity (Wildman–Crippen MR) is 72.3 cm³/mol. The topological polar surface area (TPSA) is 48.5 Å². The molecule has 96 valence electrons. The van der Waals surface area contributed by atoms with Crippen molar-refractivity contribution >= 4 is 27.7 Å². The van der Waals surface area contributed by atoms with Crippen LogP contribution in [-0.4, -0.2) is 53.4 Å². The van der Waals surface area contributed by atoms with Crippen molar-refractivity contribution in [1.82, 2.24) is 14.8 Å². The van der Waals surface area contributed by atoms with Gasteiger partial charge in [0.1, 0.15) is 11.9 Å². The van der Waals surface area contributed by atoms with E-state index >= 15 is 0 Å². The molecule has 1 fully saturated rings. The highest BCUT2D eigenvalue weighted by molar-refractivity contribution is 9.10. The summed E-state index contributed by atoms with van der Waals surface area (Å²) in [5.74, 6) is 0.746. The first-order chi connectivity index (χ1) is 8.63. The van der Waals surface area contributed by atoms with Gasteiger partial charge in [0, 0.05) is 42.4 Å². The molecule has 0 saturated carbocycles. The number of nitrogens with zero attached hydrogens (tertiary/aromatic N) is 3. The number of carbonyl (C=O) groups excluding carboxylic acids is 1. The molecule has 0 radical (unpaired) electrons. The van der Waals surface area contributed by atoms with Gasteiger partial charge in [0.05, 0.1) is 0 Å². The second-order valence-electron chi connectivity index (χ2n) is 4.90. The van der Waals surface area contributed by atoms with E-state index in [4.69, 9.17) is 0 Å². The van der Waals surface area contributed by atoms with Crippen molar-refractivity contribution < 1.29 is 4.79 Å². The molecule has 1 atom stereocenters. The van der Waals surface area contributed by atoms with Gasteiger partial charge in [0.15, 0.2) is 0 Å². The smallest absolute Gasteiger partial charge is 0.244 e. The van der Waals surface area contributed by atoms with Gasteiger partial charge in [-0.3, -0.25) is 9.69 Å². The highest BCUT2D eigenvalue weighted by atomic mass is 79.9. The second-order valence-corrected chi connectivity index (χ2v) is 5.81. The summed E-state index contributed by atoms with van der Waals surface area (Å²) >= 11 is 3.43. The Balaban J connectivity index is 1.95. The zero-order valence-electron chi connectivity index (χ0n) is 10.2. The first-order valence-corrected chi connectivity index (χ1v) is 6.80. The fraction of sp³-hybridized carbons (Fsp3) is 0.500. The van der Waals surface area contributed by atoms with Crippen LogP contribution in [0.4, 0.5) is 5.82 Å². The molecular formula is C12H15BrN4O. The molecule has 0 spiro atoms. The lowest BCUT2D eigenvalue weighted by Crippen LogP contribution is -2.55. The normalized spacial score (nSPS) is 25.0. The van der Waals surface area contributed by atoms with Gasteiger partial charge in [0.2, 0.25) is 5.91 Å². The van der Waals surface area contributed by atoms with Gasteiger partial charge in [-0.05, 0) is 29.0 Å². The van der Waals surface area contributed by atoms with E-state index in [2.05, 4.69) is 43.1 Å². The Labute approximate surface area is 114 Å². The fourth-order valence-electron chi connectivity index (χ4n) is 2.53. The lowest BCUT2D eigenvalue weighted by atomic mass is 10.1. The summed E-state index contributed by atoms with van der Waals surface area (Å²) < 4.78 is 0.947. The summed E-state index contributed by atoms with van der Waals surface area (Å²) in [6, 6.07) is 1.96. The molecule has 3 rings (SSSR count). The third kappa shape index (κ3) is 2.15. The molecule has 0 aromatic carbocycles. The average molecular weight is 311 g/mol. The maximum absolute atomic E-state index is 12.2. The number of aromatic nitrogens is 1. The molecule has 1 aromatic rings. The minimum atomic E-state index is -0.0725. The van der Waals surface area contributed by atoms with Gasteiger partial charge >= 0.3 is 0 Å². The lowest BCUT2D eigenvalue weighted by Gasteiger charge is -2.37. The van der Waals surface area contributed by atoms with Gasteiger partial charge in [-0.2, -0.15) is 0 Å². The predicted octanol–water partition coefficient (Wildman–Crippen LogP) is 0.912. The fourth-order valence-corrected chi connectivity index (χ4v) is 2.91. The molecule has 1 amide bonds. The SMILES string of the molecule is CN1CCN2Cc3cc(Br)cnc3NC(=O)C2C1. The van der Waals surface area contributed by atoms with Crippen molar-refractivity contribution in [1.29, 1.82) is 0 Å². The minimum absolute atomic E-state index is 0.0510. The Hall–Kier alpha value is -0.980. The van der Waals surface area contributed by atoms with E-state index in [9.17, 15) is 4.79 Å². The summed E-state index contributed by atoms with van der Waals surface area (Å²) in [6.07, 6.45) is 1.72. The van der Waals surface area contributed by atoms with Gasteiger partial charge in [-0.1, -0.05) is 0 Å². The van der Waals surface area contributed by atoms with Crippen LogP contribution in [0.3, 0.4) is 0 Å². The van der Waals surface area contributed by atoms with Gasteiger partial charge in [0.25, 0.3) is 0 Å². The Morgan fingerprint density at radius 2 is 2.33 bits per heavy atom. The number of hydrogen-bond acceptors (Lipinski definition) is 4. The number of hydrogen-bond donors (Lipinski definition) is 1. The van der Waals surface area contributed by atoms with Crippen LogP contribution >= 0.6 is 15.9 Å². The molecule has 1 aromatic heterocycles. The van der Waals surface area contributed by atoms with Crippen molar-refractivity contribution in [3.63, 3.8) is 0 Å². The number of likely N-dealkylation sites (N-methyl/N-ethyl adjacent to an activating group) is 1. The standard InChI is InChI=1S/C12H15BrN4O/c1-16-2-3-17-6-8-4-9(13)5-14-11(8)15-12(18)10(17)7-16/h4-5,10H,2-3,6-7H2,1H3,(H,14,15,18). The Bertz CT molecular complexity index is 493. The van der Waals surface area contributed by atoms with Crippen LogP contribution in [0.2, 0.25) is 0 Å². The zero-order valence-corrected chi connectivity index (χ0v) is 11.8. The number of anilines is 1. The highest BCUT2D eigenvalue weighted by Gasteiger charge is 2.34. The second kappa shape index (κ2) is 4.60. The Morgan fingerprint density at radius 3 is 3.17 bits per heavy atom. The Morgan fingerprint density at radius 1 is 1.50 bits per heavy atom. The largest absolute Gasteiger partial charge is 0.309 e. The number of nitrogens with one attached hydrogen (secondary N) is 1. The quantitative estimate of drug-likeness (QED) is 0.774. The maximum atomic E-state index is 12.2. The Kier molecular flexibility index (Phi) is 3.09. The summed E-state index contributed by atoms with van der Waals surface area (Å²) in [4.78, 5) is 20.9. The molecule has 1 saturated heterocycles. The van der Waals surface area contributed by atoms with Gasteiger partial charge < -0.3 is 10.2 Å². The van der Waals surface area contributed by atoms with Crippen molar-refractivity contribution in [3.05, 3.63) is 22.3 Å². The first-order valence-electron chi connectivity index (χ1n) is 6.01. The maximum Gasteiger partial charge on any atom is 0.244 e. The molecule has 2 aliphatic rings. The number of carbonyl (C=O) groups is 1. The average Bonchev–Trinajstić information content (AvgIpc) is 2.46. The van der Waals surface area contributed by atoms with Crippen molar-refractivity contribution in [2.24, 2.45) is 0 Å². The van der Waals surface area contributed by atoms with Crippen LogP contribution in [0, 0.1) is 0 Å². The van der Waals surface area contributed by atoms with E-state index in [0.29, 0.717) is 5.82 Å². The van der Waals surface area contributed by atoms with E-state index in [1.54, 1.807) is 6.20 Å². The molecule has 3 heterocycles. The molecule has 2 aliphatic heterocycles.